The highest BCUT2D eigenvalue weighted by Gasteiger charge is 2.20. The van der Waals surface area contributed by atoms with Gasteiger partial charge in [-0.25, -0.2) is 4.98 Å². The van der Waals surface area contributed by atoms with Gasteiger partial charge in [0, 0.05) is 29.8 Å². The van der Waals surface area contributed by atoms with Gasteiger partial charge in [0.05, 0.1) is 27.3 Å². The van der Waals surface area contributed by atoms with Gasteiger partial charge in [-0.1, -0.05) is 35.5 Å². The minimum atomic E-state index is -0.566. The van der Waals surface area contributed by atoms with E-state index >= 15 is 0 Å². The Bertz CT molecular complexity index is 1270. The number of phenols is 1. The highest BCUT2D eigenvalue weighted by Crippen LogP contribution is 2.27. The molecule has 0 spiro atoms. The summed E-state index contributed by atoms with van der Waals surface area (Å²) in [5.74, 6) is -0.594. The predicted octanol–water partition coefficient (Wildman–Crippen LogP) is 3.74. The second-order valence-corrected chi connectivity index (χ2v) is 6.62. The van der Waals surface area contributed by atoms with E-state index < -0.39 is 10.8 Å². The third-order valence-electron chi connectivity index (χ3n) is 4.64. The summed E-state index contributed by atoms with van der Waals surface area (Å²) in [6.45, 7) is 1.61. The van der Waals surface area contributed by atoms with Gasteiger partial charge < -0.3 is 14.9 Å². The Labute approximate surface area is 170 Å². The van der Waals surface area contributed by atoms with E-state index in [0.717, 1.165) is 5.56 Å². The smallest absolute Gasteiger partial charge is 0.270 e. The number of rotatable bonds is 5. The van der Waals surface area contributed by atoms with Crippen LogP contribution in [0.5, 0.6) is 5.75 Å². The number of fused-ring (bicyclic) bond motifs is 1. The molecule has 0 aliphatic rings. The molecule has 0 aliphatic heterocycles. The van der Waals surface area contributed by atoms with Gasteiger partial charge in [-0.05, 0) is 19.1 Å². The van der Waals surface area contributed by atoms with Gasteiger partial charge in [0.25, 0.3) is 17.3 Å². The van der Waals surface area contributed by atoms with Crippen LogP contribution in [0.25, 0.3) is 22.4 Å². The van der Waals surface area contributed by atoms with E-state index in [9.17, 15) is 20.0 Å². The highest BCUT2D eigenvalue weighted by molar-refractivity contribution is 6.07. The molecule has 30 heavy (non-hydrogen) atoms. The Kier molecular flexibility index (Phi) is 4.85. The van der Waals surface area contributed by atoms with Crippen molar-refractivity contribution in [2.45, 2.75) is 13.5 Å². The van der Waals surface area contributed by atoms with Gasteiger partial charge >= 0.3 is 0 Å². The summed E-state index contributed by atoms with van der Waals surface area (Å²) < 4.78 is 5.27. The lowest BCUT2D eigenvalue weighted by Gasteiger charge is -2.09. The van der Waals surface area contributed by atoms with Crippen molar-refractivity contribution in [3.63, 3.8) is 0 Å². The summed E-state index contributed by atoms with van der Waals surface area (Å²) in [6, 6.07) is 14.6. The van der Waals surface area contributed by atoms with Crippen LogP contribution in [-0.2, 0) is 6.54 Å². The summed E-state index contributed by atoms with van der Waals surface area (Å²) in [5.41, 5.74) is 2.46. The maximum atomic E-state index is 13.0. The number of carbonyl (C=O) groups excluding carboxylic acids is 1. The van der Waals surface area contributed by atoms with Crippen molar-refractivity contribution < 1.29 is 19.3 Å². The number of nitro groups is 1. The van der Waals surface area contributed by atoms with Crippen LogP contribution in [0.15, 0.2) is 59.1 Å². The number of nitrogens with one attached hydrogen (secondary N) is 1. The minimum Gasteiger partial charge on any atom is -0.508 e. The number of carbonyl (C=O) groups is 1. The molecule has 0 saturated carbocycles. The lowest BCUT2D eigenvalue weighted by Crippen LogP contribution is -2.23. The normalized spacial score (nSPS) is 10.8. The molecule has 2 N–H and O–H groups in total. The number of hydrogen-bond acceptors (Lipinski definition) is 7. The van der Waals surface area contributed by atoms with E-state index in [0.29, 0.717) is 22.3 Å². The molecule has 2 aromatic heterocycles. The van der Waals surface area contributed by atoms with Crippen molar-refractivity contribution in [1.82, 2.24) is 15.5 Å². The second kappa shape index (κ2) is 7.63. The fourth-order valence-corrected chi connectivity index (χ4v) is 3.13. The zero-order valence-electron chi connectivity index (χ0n) is 15.8. The van der Waals surface area contributed by atoms with Crippen molar-refractivity contribution in [3.8, 4) is 17.0 Å². The molecular weight excluding hydrogens is 388 g/mol. The summed E-state index contributed by atoms with van der Waals surface area (Å²) in [4.78, 5) is 27.8. The first-order chi connectivity index (χ1) is 14.4. The number of pyridine rings is 1. The number of benzene rings is 2. The molecule has 4 aromatic rings. The molecule has 0 radical (unpaired) electrons. The standard InChI is InChI=1S/C21H16N4O5/c1-12-19-16(10-17(23-21(19)30-24-12)13-5-3-2-4-6-13)20(27)22-11-14-9-15(25(28)29)7-8-18(14)26/h2-10,26H,11H2,1H3,(H,22,27). The molecule has 0 saturated heterocycles. The lowest BCUT2D eigenvalue weighted by molar-refractivity contribution is -0.384. The number of aromatic nitrogens is 2. The van der Waals surface area contributed by atoms with Crippen LogP contribution in [-0.4, -0.2) is 26.1 Å². The molecule has 0 atom stereocenters. The second-order valence-electron chi connectivity index (χ2n) is 6.62. The monoisotopic (exact) mass is 404 g/mol. The van der Waals surface area contributed by atoms with Gasteiger partial charge in [-0.2, -0.15) is 0 Å². The van der Waals surface area contributed by atoms with E-state index in [1.807, 2.05) is 30.3 Å². The summed E-state index contributed by atoms with van der Waals surface area (Å²) >= 11 is 0. The van der Waals surface area contributed by atoms with Crippen molar-refractivity contribution in [2.75, 3.05) is 0 Å². The SMILES string of the molecule is Cc1noc2nc(-c3ccccc3)cc(C(=O)NCc3cc([N+](=O)[O-])ccc3O)c12. The van der Waals surface area contributed by atoms with E-state index in [2.05, 4.69) is 15.5 Å². The lowest BCUT2D eigenvalue weighted by atomic mass is 10.0. The van der Waals surface area contributed by atoms with Gasteiger partial charge in [0.1, 0.15) is 5.75 Å². The van der Waals surface area contributed by atoms with Gasteiger partial charge in [-0.3, -0.25) is 14.9 Å². The van der Waals surface area contributed by atoms with E-state index in [1.165, 1.54) is 18.2 Å². The van der Waals surface area contributed by atoms with Crippen molar-refractivity contribution >= 4 is 22.7 Å². The Hall–Kier alpha value is -4.27. The molecule has 2 aromatic carbocycles. The molecule has 0 bridgehead atoms. The first-order valence-corrected chi connectivity index (χ1v) is 9.01. The number of amides is 1. The summed E-state index contributed by atoms with van der Waals surface area (Å²) in [6.07, 6.45) is 0. The first-order valence-electron chi connectivity index (χ1n) is 9.01. The van der Waals surface area contributed by atoms with Crippen LogP contribution in [0.1, 0.15) is 21.6 Å². The van der Waals surface area contributed by atoms with E-state index in [-0.39, 0.29) is 29.3 Å². The Balaban J connectivity index is 1.69. The topological polar surface area (TPSA) is 131 Å². The molecule has 1 amide bonds. The Morgan fingerprint density at radius 3 is 2.70 bits per heavy atom. The molecule has 2 heterocycles. The minimum absolute atomic E-state index is 0.0961. The van der Waals surface area contributed by atoms with Gasteiger partial charge in [-0.15, -0.1) is 0 Å². The zero-order valence-corrected chi connectivity index (χ0v) is 15.8. The molecule has 0 unspecified atom stereocenters. The quantitative estimate of drug-likeness (QED) is 0.382. The average molecular weight is 404 g/mol. The molecular formula is C21H16N4O5. The van der Waals surface area contributed by atoms with Crippen LogP contribution >= 0.6 is 0 Å². The molecule has 0 fully saturated rings. The Morgan fingerprint density at radius 1 is 1.20 bits per heavy atom. The highest BCUT2D eigenvalue weighted by atomic mass is 16.6. The molecule has 9 nitrogen and oxygen atoms in total. The first kappa shape index (κ1) is 19.1. The van der Waals surface area contributed by atoms with Gasteiger partial charge in [0.15, 0.2) is 0 Å². The van der Waals surface area contributed by atoms with Crippen LogP contribution in [0, 0.1) is 17.0 Å². The summed E-state index contributed by atoms with van der Waals surface area (Å²) in [7, 11) is 0. The number of aryl methyl sites for hydroxylation is 1. The number of phenolic OH excluding ortho intramolecular Hbond substituents is 1. The van der Waals surface area contributed by atoms with Crippen LogP contribution in [0.3, 0.4) is 0 Å². The fraction of sp³-hybridized carbons (Fsp3) is 0.0952. The number of hydrogen-bond donors (Lipinski definition) is 2. The molecule has 0 aliphatic carbocycles. The summed E-state index contributed by atoms with van der Waals surface area (Å²) in [5, 5.41) is 28.0. The van der Waals surface area contributed by atoms with Crippen molar-refractivity contribution in [1.29, 1.82) is 0 Å². The number of nitrogens with zero attached hydrogens (tertiary/aromatic N) is 3. The average Bonchev–Trinajstić information content (AvgIpc) is 3.13. The van der Waals surface area contributed by atoms with Crippen LogP contribution < -0.4 is 5.32 Å². The van der Waals surface area contributed by atoms with Crippen molar-refractivity contribution in [2.24, 2.45) is 0 Å². The molecule has 9 heteroatoms. The van der Waals surface area contributed by atoms with Crippen LogP contribution in [0.4, 0.5) is 5.69 Å². The van der Waals surface area contributed by atoms with Gasteiger partial charge in [0.2, 0.25) is 0 Å². The maximum absolute atomic E-state index is 13.0. The zero-order chi connectivity index (χ0) is 21.3. The van der Waals surface area contributed by atoms with Crippen LogP contribution in [0.2, 0.25) is 0 Å². The number of non-ortho nitro benzene ring substituents is 1. The van der Waals surface area contributed by atoms with Crippen molar-refractivity contribution in [3.05, 3.63) is 81.5 Å². The predicted molar refractivity (Wildman–Crippen MR) is 108 cm³/mol. The largest absolute Gasteiger partial charge is 0.508 e. The molecule has 4 rings (SSSR count). The maximum Gasteiger partial charge on any atom is 0.270 e. The number of nitro benzene ring substituents is 1. The third-order valence-corrected chi connectivity index (χ3v) is 4.64. The fourth-order valence-electron chi connectivity index (χ4n) is 3.13. The van der Waals surface area contributed by atoms with E-state index in [1.54, 1.807) is 13.0 Å². The third kappa shape index (κ3) is 3.55. The van der Waals surface area contributed by atoms with E-state index in [4.69, 9.17) is 4.52 Å². The molecule has 150 valence electrons. The number of aromatic hydroxyl groups is 1. The Morgan fingerprint density at radius 2 is 1.97 bits per heavy atom.